The average molecular weight is 365 g/mol. The molecule has 27 heavy (non-hydrogen) atoms. The first-order chi connectivity index (χ1) is 13.2. The van der Waals surface area contributed by atoms with Crippen molar-refractivity contribution in [3.8, 4) is 0 Å². The van der Waals surface area contributed by atoms with Crippen LogP contribution in [0, 0.1) is 0 Å². The van der Waals surface area contributed by atoms with E-state index in [1.807, 2.05) is 42.5 Å². The number of rotatable bonds is 7. The number of carbonyl (C=O) groups excluding carboxylic acids is 2. The van der Waals surface area contributed by atoms with Crippen molar-refractivity contribution in [2.75, 3.05) is 31.1 Å². The molecule has 1 aliphatic rings. The molecule has 5 nitrogen and oxygen atoms in total. The Balaban J connectivity index is 1.71. The highest BCUT2D eigenvalue weighted by molar-refractivity contribution is 5.99. The predicted octanol–water partition coefficient (Wildman–Crippen LogP) is 2.39. The van der Waals surface area contributed by atoms with Crippen LogP contribution in [0.1, 0.15) is 24.0 Å². The molecule has 0 unspecified atom stereocenters. The highest BCUT2D eigenvalue weighted by Gasteiger charge is 2.25. The maximum absolute atomic E-state index is 13.0. The number of anilines is 1. The van der Waals surface area contributed by atoms with Gasteiger partial charge in [-0.15, -0.1) is 0 Å². The van der Waals surface area contributed by atoms with E-state index in [0.29, 0.717) is 26.1 Å². The topological polar surface area (TPSA) is 66.6 Å². The molecule has 0 aromatic heterocycles. The van der Waals surface area contributed by atoms with E-state index >= 15 is 0 Å². The Morgan fingerprint density at radius 2 is 1.74 bits per heavy atom. The van der Waals surface area contributed by atoms with Crippen LogP contribution in [0.5, 0.6) is 0 Å². The standard InChI is InChI=1S/C22H27N3O2/c23-14-16-24(15-13-18-7-2-1-3-8-18)22(27)17-25-20-11-5-4-9-19(20)10-6-12-21(25)26/h1-5,7-9,11H,6,10,12-17,23H2. The second kappa shape index (κ2) is 9.33. The number of aryl methyl sites for hydroxylation is 1. The minimum Gasteiger partial charge on any atom is -0.340 e. The van der Waals surface area contributed by atoms with Gasteiger partial charge in [0.15, 0.2) is 0 Å². The summed E-state index contributed by atoms with van der Waals surface area (Å²) in [6.45, 7) is 1.58. The number of nitrogens with two attached hydrogens (primary N) is 1. The van der Waals surface area contributed by atoms with Gasteiger partial charge in [0.05, 0.1) is 0 Å². The number of hydrogen-bond acceptors (Lipinski definition) is 3. The summed E-state index contributed by atoms with van der Waals surface area (Å²) in [6, 6.07) is 18.0. The zero-order valence-electron chi connectivity index (χ0n) is 15.6. The summed E-state index contributed by atoms with van der Waals surface area (Å²) in [5.41, 5.74) is 8.90. The van der Waals surface area contributed by atoms with Crippen molar-refractivity contribution < 1.29 is 9.59 Å². The number of para-hydroxylation sites is 1. The summed E-state index contributed by atoms with van der Waals surface area (Å²) in [7, 11) is 0. The van der Waals surface area contributed by atoms with Crippen LogP contribution in [0.2, 0.25) is 0 Å². The Labute approximate surface area is 160 Å². The minimum atomic E-state index is -0.0542. The highest BCUT2D eigenvalue weighted by atomic mass is 16.2. The van der Waals surface area contributed by atoms with Crippen LogP contribution in [-0.4, -0.2) is 42.9 Å². The fourth-order valence-electron chi connectivity index (χ4n) is 3.52. The fourth-order valence-corrected chi connectivity index (χ4v) is 3.52. The Kier molecular flexibility index (Phi) is 6.60. The predicted molar refractivity (Wildman–Crippen MR) is 108 cm³/mol. The van der Waals surface area contributed by atoms with Crippen LogP contribution in [-0.2, 0) is 22.4 Å². The van der Waals surface area contributed by atoms with Gasteiger partial charge in [-0.25, -0.2) is 0 Å². The van der Waals surface area contributed by atoms with Gasteiger partial charge >= 0.3 is 0 Å². The van der Waals surface area contributed by atoms with Crippen molar-refractivity contribution >= 4 is 17.5 Å². The van der Waals surface area contributed by atoms with Gasteiger partial charge < -0.3 is 15.5 Å². The molecule has 0 saturated carbocycles. The van der Waals surface area contributed by atoms with E-state index < -0.39 is 0 Å². The normalized spacial score (nSPS) is 13.8. The smallest absolute Gasteiger partial charge is 0.242 e. The molecule has 0 fully saturated rings. The molecule has 1 aliphatic heterocycles. The van der Waals surface area contributed by atoms with Gasteiger partial charge in [-0.2, -0.15) is 0 Å². The molecule has 0 atom stereocenters. The van der Waals surface area contributed by atoms with Gasteiger partial charge in [0.1, 0.15) is 6.54 Å². The largest absolute Gasteiger partial charge is 0.340 e. The lowest BCUT2D eigenvalue weighted by Crippen LogP contribution is -2.45. The van der Waals surface area contributed by atoms with Crippen LogP contribution in [0.25, 0.3) is 0 Å². The molecule has 0 bridgehead atoms. The van der Waals surface area contributed by atoms with E-state index in [9.17, 15) is 9.59 Å². The second-order valence-corrected chi connectivity index (χ2v) is 6.87. The van der Waals surface area contributed by atoms with Crippen LogP contribution in [0.15, 0.2) is 54.6 Å². The molecule has 5 heteroatoms. The third-order valence-corrected chi connectivity index (χ3v) is 4.98. The first-order valence-electron chi connectivity index (χ1n) is 9.59. The Hall–Kier alpha value is -2.66. The maximum atomic E-state index is 13.0. The molecule has 2 amide bonds. The zero-order valence-corrected chi connectivity index (χ0v) is 15.6. The Morgan fingerprint density at radius 3 is 2.52 bits per heavy atom. The monoisotopic (exact) mass is 365 g/mol. The molecule has 0 saturated heterocycles. The summed E-state index contributed by atoms with van der Waals surface area (Å²) in [5.74, 6) is -0.0366. The molecule has 0 aliphatic carbocycles. The van der Waals surface area contributed by atoms with Crippen LogP contribution >= 0.6 is 0 Å². The van der Waals surface area contributed by atoms with E-state index in [1.54, 1.807) is 9.80 Å². The number of nitrogens with zero attached hydrogens (tertiary/aromatic N) is 2. The lowest BCUT2D eigenvalue weighted by atomic mass is 10.1. The Morgan fingerprint density at radius 1 is 1.00 bits per heavy atom. The van der Waals surface area contributed by atoms with E-state index in [2.05, 4.69) is 12.1 Å². The minimum absolute atomic E-state index is 0.0176. The van der Waals surface area contributed by atoms with Crippen molar-refractivity contribution in [1.29, 1.82) is 0 Å². The van der Waals surface area contributed by atoms with Gasteiger partial charge in [0, 0.05) is 31.7 Å². The van der Waals surface area contributed by atoms with Crippen molar-refractivity contribution in [2.24, 2.45) is 5.73 Å². The lowest BCUT2D eigenvalue weighted by molar-refractivity contribution is -0.131. The summed E-state index contributed by atoms with van der Waals surface area (Å²) < 4.78 is 0. The maximum Gasteiger partial charge on any atom is 0.242 e. The van der Waals surface area contributed by atoms with Gasteiger partial charge in [-0.05, 0) is 36.5 Å². The van der Waals surface area contributed by atoms with E-state index in [1.165, 1.54) is 5.56 Å². The number of carbonyl (C=O) groups is 2. The van der Waals surface area contributed by atoms with E-state index in [0.717, 1.165) is 30.5 Å². The first-order valence-corrected chi connectivity index (χ1v) is 9.59. The molecule has 2 aromatic carbocycles. The Bertz CT molecular complexity index is 776. The van der Waals surface area contributed by atoms with Gasteiger partial charge in [0.25, 0.3) is 0 Å². The SMILES string of the molecule is NCCN(CCc1ccccc1)C(=O)CN1C(=O)CCCc2ccccc21. The summed E-state index contributed by atoms with van der Waals surface area (Å²) in [5, 5.41) is 0. The van der Waals surface area contributed by atoms with Crippen molar-refractivity contribution in [3.05, 3.63) is 65.7 Å². The van der Waals surface area contributed by atoms with E-state index in [-0.39, 0.29) is 18.4 Å². The van der Waals surface area contributed by atoms with Crippen LogP contribution in [0.4, 0.5) is 5.69 Å². The first kappa shape index (κ1) is 19.1. The zero-order chi connectivity index (χ0) is 19.1. The summed E-state index contributed by atoms with van der Waals surface area (Å²) in [6.07, 6.45) is 2.94. The van der Waals surface area contributed by atoms with Crippen molar-refractivity contribution in [3.63, 3.8) is 0 Å². The fraction of sp³-hybridized carbons (Fsp3) is 0.364. The molecule has 142 valence electrons. The molecular formula is C22H27N3O2. The molecule has 0 spiro atoms. The number of fused-ring (bicyclic) bond motifs is 1. The quantitative estimate of drug-likeness (QED) is 0.819. The molecule has 2 aromatic rings. The van der Waals surface area contributed by atoms with Crippen molar-refractivity contribution in [1.82, 2.24) is 4.90 Å². The molecular weight excluding hydrogens is 338 g/mol. The summed E-state index contributed by atoms with van der Waals surface area (Å²) in [4.78, 5) is 29.0. The molecule has 3 rings (SSSR count). The van der Waals surface area contributed by atoms with Crippen LogP contribution in [0.3, 0.4) is 0 Å². The average Bonchev–Trinajstić information content (AvgIpc) is 2.85. The number of hydrogen-bond donors (Lipinski definition) is 1. The third kappa shape index (κ3) is 4.95. The van der Waals surface area contributed by atoms with Gasteiger partial charge in [-0.1, -0.05) is 48.5 Å². The number of benzene rings is 2. The molecule has 2 N–H and O–H groups in total. The second-order valence-electron chi connectivity index (χ2n) is 6.87. The lowest BCUT2D eigenvalue weighted by Gasteiger charge is -2.27. The van der Waals surface area contributed by atoms with Gasteiger partial charge in [0.2, 0.25) is 11.8 Å². The van der Waals surface area contributed by atoms with Crippen LogP contribution < -0.4 is 10.6 Å². The van der Waals surface area contributed by atoms with Gasteiger partial charge in [-0.3, -0.25) is 9.59 Å². The van der Waals surface area contributed by atoms with E-state index in [4.69, 9.17) is 5.73 Å². The van der Waals surface area contributed by atoms with Crippen molar-refractivity contribution in [2.45, 2.75) is 25.7 Å². The molecule has 0 radical (unpaired) electrons. The summed E-state index contributed by atoms with van der Waals surface area (Å²) >= 11 is 0. The third-order valence-electron chi connectivity index (χ3n) is 4.98. The number of amides is 2. The molecule has 1 heterocycles. The highest BCUT2D eigenvalue weighted by Crippen LogP contribution is 2.26.